The van der Waals surface area contributed by atoms with E-state index < -0.39 is 0 Å². The highest BCUT2D eigenvalue weighted by Crippen LogP contribution is 2.17. The molecule has 1 aliphatic rings. The lowest BCUT2D eigenvalue weighted by molar-refractivity contribution is 0.0277. The van der Waals surface area contributed by atoms with Crippen LogP contribution in [0.25, 0.3) is 0 Å². The number of rotatable bonds is 1. The lowest BCUT2D eigenvalue weighted by Gasteiger charge is -2.37. The maximum atomic E-state index is 5.53. The predicted octanol–water partition coefficient (Wildman–Crippen LogP) is 0.485. The molecular formula is C9H14N4O. The molecule has 0 radical (unpaired) electrons. The van der Waals surface area contributed by atoms with Crippen LogP contribution in [0.3, 0.4) is 0 Å². The monoisotopic (exact) mass is 194 g/mol. The average molecular weight is 194 g/mol. The first-order chi connectivity index (χ1) is 6.79. The lowest BCUT2D eigenvalue weighted by Crippen LogP contribution is -2.49. The second kappa shape index (κ2) is 3.88. The molecule has 5 heteroatoms. The topological polar surface area (TPSA) is 51.1 Å². The van der Waals surface area contributed by atoms with E-state index >= 15 is 0 Å². The van der Waals surface area contributed by atoms with Crippen LogP contribution in [-0.2, 0) is 4.74 Å². The van der Waals surface area contributed by atoms with Crippen LogP contribution < -0.4 is 4.90 Å². The molecule has 0 spiro atoms. The first kappa shape index (κ1) is 9.33. The molecule has 2 heterocycles. The van der Waals surface area contributed by atoms with Gasteiger partial charge in [0.05, 0.1) is 18.8 Å². The van der Waals surface area contributed by atoms with Crippen LogP contribution in [0.15, 0.2) is 12.7 Å². The molecule has 5 nitrogen and oxygen atoms in total. The van der Waals surface area contributed by atoms with Crippen molar-refractivity contribution in [2.24, 2.45) is 0 Å². The molecule has 0 bridgehead atoms. The molecule has 0 N–H and O–H groups in total. The fourth-order valence-corrected chi connectivity index (χ4v) is 1.60. The van der Waals surface area contributed by atoms with Gasteiger partial charge in [0.25, 0.3) is 0 Å². The minimum atomic E-state index is 0.223. The quantitative estimate of drug-likeness (QED) is 0.651. The Kier molecular flexibility index (Phi) is 2.58. The highest BCUT2D eigenvalue weighted by molar-refractivity contribution is 5.30. The Bertz CT molecular complexity index is 292. The third-order valence-electron chi connectivity index (χ3n) is 2.62. The van der Waals surface area contributed by atoms with E-state index in [0.29, 0.717) is 6.04 Å². The zero-order valence-electron chi connectivity index (χ0n) is 8.42. The smallest absolute Gasteiger partial charge is 0.228 e. The summed E-state index contributed by atoms with van der Waals surface area (Å²) >= 11 is 0. The minimum Gasteiger partial charge on any atom is -0.375 e. The molecule has 2 atom stereocenters. The molecule has 1 aromatic heterocycles. The van der Waals surface area contributed by atoms with Crippen molar-refractivity contribution in [1.82, 2.24) is 15.0 Å². The Hall–Kier alpha value is -1.23. The molecule has 2 rings (SSSR count). The molecule has 76 valence electrons. The van der Waals surface area contributed by atoms with E-state index in [1.807, 2.05) is 0 Å². The molecular weight excluding hydrogens is 180 g/mol. The maximum absolute atomic E-state index is 5.53. The summed E-state index contributed by atoms with van der Waals surface area (Å²) in [5, 5.41) is 0. The van der Waals surface area contributed by atoms with Crippen molar-refractivity contribution >= 4 is 5.95 Å². The fourth-order valence-electron chi connectivity index (χ4n) is 1.60. The van der Waals surface area contributed by atoms with Crippen molar-refractivity contribution in [3.05, 3.63) is 12.7 Å². The van der Waals surface area contributed by atoms with Gasteiger partial charge in [0.15, 0.2) is 0 Å². The highest BCUT2D eigenvalue weighted by atomic mass is 16.5. The summed E-state index contributed by atoms with van der Waals surface area (Å²) < 4.78 is 5.53. The maximum Gasteiger partial charge on any atom is 0.228 e. The van der Waals surface area contributed by atoms with Gasteiger partial charge in [-0.05, 0) is 13.8 Å². The molecule has 1 saturated heterocycles. The minimum absolute atomic E-state index is 0.223. The average Bonchev–Trinajstić information content (AvgIpc) is 2.23. The third-order valence-corrected chi connectivity index (χ3v) is 2.62. The Labute approximate surface area is 83.1 Å². The molecule has 1 aliphatic heterocycles. The van der Waals surface area contributed by atoms with Gasteiger partial charge in [-0.2, -0.15) is 0 Å². The second-order valence-electron chi connectivity index (χ2n) is 3.45. The van der Waals surface area contributed by atoms with Gasteiger partial charge in [-0.3, -0.25) is 0 Å². The Morgan fingerprint density at radius 1 is 1.36 bits per heavy atom. The fraction of sp³-hybridized carbons (Fsp3) is 0.667. The van der Waals surface area contributed by atoms with Crippen molar-refractivity contribution in [3.63, 3.8) is 0 Å². The van der Waals surface area contributed by atoms with Gasteiger partial charge in [0.2, 0.25) is 5.95 Å². The lowest BCUT2D eigenvalue weighted by atomic mass is 10.1. The summed E-state index contributed by atoms with van der Waals surface area (Å²) in [5.41, 5.74) is 0. The first-order valence-electron chi connectivity index (χ1n) is 4.79. The van der Waals surface area contributed by atoms with E-state index in [0.717, 1.165) is 19.1 Å². The van der Waals surface area contributed by atoms with Crippen LogP contribution in [0.2, 0.25) is 0 Å². The van der Waals surface area contributed by atoms with Crippen LogP contribution in [0, 0.1) is 0 Å². The van der Waals surface area contributed by atoms with Crippen LogP contribution in [-0.4, -0.2) is 40.2 Å². The van der Waals surface area contributed by atoms with E-state index in [1.165, 1.54) is 12.7 Å². The predicted molar refractivity (Wildman–Crippen MR) is 52.0 cm³/mol. The molecule has 0 unspecified atom stereocenters. The van der Waals surface area contributed by atoms with Gasteiger partial charge < -0.3 is 9.64 Å². The molecule has 1 aromatic rings. The van der Waals surface area contributed by atoms with Crippen LogP contribution in [0.4, 0.5) is 5.95 Å². The summed E-state index contributed by atoms with van der Waals surface area (Å²) in [6.45, 7) is 5.76. The summed E-state index contributed by atoms with van der Waals surface area (Å²) in [6, 6.07) is 0.311. The molecule has 14 heavy (non-hydrogen) atoms. The first-order valence-corrected chi connectivity index (χ1v) is 4.79. The number of ether oxygens (including phenoxy) is 1. The van der Waals surface area contributed by atoms with E-state index in [9.17, 15) is 0 Å². The van der Waals surface area contributed by atoms with Gasteiger partial charge in [0, 0.05) is 6.54 Å². The third kappa shape index (κ3) is 1.68. The Morgan fingerprint density at radius 3 is 2.79 bits per heavy atom. The molecule has 0 amide bonds. The van der Waals surface area contributed by atoms with Crippen LogP contribution in [0.5, 0.6) is 0 Å². The number of hydrogen-bond donors (Lipinski definition) is 0. The van der Waals surface area contributed by atoms with Crippen LogP contribution in [0.1, 0.15) is 13.8 Å². The SMILES string of the molecule is C[C@@H]1OCCN(c2ncncn2)[C@@H]1C. The van der Waals surface area contributed by atoms with E-state index in [4.69, 9.17) is 4.74 Å². The zero-order valence-corrected chi connectivity index (χ0v) is 8.42. The summed E-state index contributed by atoms with van der Waals surface area (Å²) in [7, 11) is 0. The number of anilines is 1. The van der Waals surface area contributed by atoms with Crippen molar-refractivity contribution < 1.29 is 4.74 Å². The zero-order chi connectivity index (χ0) is 9.97. The molecule has 0 saturated carbocycles. The molecule has 1 fully saturated rings. The summed E-state index contributed by atoms with van der Waals surface area (Å²) in [5.74, 6) is 0.739. The number of hydrogen-bond acceptors (Lipinski definition) is 5. The van der Waals surface area contributed by atoms with Crippen molar-refractivity contribution in [2.45, 2.75) is 26.0 Å². The summed E-state index contributed by atoms with van der Waals surface area (Å²) in [4.78, 5) is 14.2. The standard InChI is InChI=1S/C9H14N4O/c1-7-8(2)14-4-3-13(7)9-11-5-10-6-12-9/h5-8H,3-4H2,1-2H3/t7-,8+/m1/s1. The Morgan fingerprint density at radius 2 is 2.07 bits per heavy atom. The van der Waals surface area contributed by atoms with Crippen LogP contribution >= 0.6 is 0 Å². The number of nitrogens with zero attached hydrogens (tertiary/aromatic N) is 4. The van der Waals surface area contributed by atoms with Crippen molar-refractivity contribution in [3.8, 4) is 0 Å². The normalized spacial score (nSPS) is 27.7. The summed E-state index contributed by atoms with van der Waals surface area (Å²) in [6.07, 6.45) is 3.27. The van der Waals surface area contributed by atoms with Crippen molar-refractivity contribution in [1.29, 1.82) is 0 Å². The second-order valence-corrected chi connectivity index (χ2v) is 3.45. The van der Waals surface area contributed by atoms with Gasteiger partial charge >= 0.3 is 0 Å². The highest BCUT2D eigenvalue weighted by Gasteiger charge is 2.26. The molecule has 0 aromatic carbocycles. The van der Waals surface area contributed by atoms with E-state index in [1.54, 1.807) is 0 Å². The van der Waals surface area contributed by atoms with E-state index in [2.05, 4.69) is 33.7 Å². The van der Waals surface area contributed by atoms with E-state index in [-0.39, 0.29) is 6.10 Å². The van der Waals surface area contributed by atoms with Gasteiger partial charge in [-0.15, -0.1) is 0 Å². The molecule has 0 aliphatic carbocycles. The van der Waals surface area contributed by atoms with Gasteiger partial charge in [-0.1, -0.05) is 0 Å². The largest absolute Gasteiger partial charge is 0.375 e. The van der Waals surface area contributed by atoms with Crippen molar-refractivity contribution in [2.75, 3.05) is 18.1 Å². The van der Waals surface area contributed by atoms with Gasteiger partial charge in [-0.25, -0.2) is 15.0 Å². The van der Waals surface area contributed by atoms with Gasteiger partial charge in [0.1, 0.15) is 12.7 Å². The number of morpholine rings is 1. The Balaban J connectivity index is 2.17. The number of aromatic nitrogens is 3.